The molecule has 0 bridgehead atoms. The Kier molecular flexibility index (Phi) is 4.44. The molecule has 2 aromatic heterocycles. The number of aryl methyl sites for hydroxylation is 1. The summed E-state index contributed by atoms with van der Waals surface area (Å²) in [5, 5.41) is 11.8. The molecule has 0 saturated carbocycles. The van der Waals surface area contributed by atoms with Crippen molar-refractivity contribution in [3.05, 3.63) is 95.1 Å². The van der Waals surface area contributed by atoms with E-state index >= 15 is 0 Å². The van der Waals surface area contributed by atoms with Gasteiger partial charge in [0.2, 0.25) is 0 Å². The summed E-state index contributed by atoms with van der Waals surface area (Å²) in [6, 6.07) is 11.7. The molecule has 1 aliphatic heterocycles. The number of para-hydroxylation sites is 1. The molecule has 1 fully saturated rings. The van der Waals surface area contributed by atoms with Gasteiger partial charge in [-0.25, -0.2) is 8.78 Å². The summed E-state index contributed by atoms with van der Waals surface area (Å²) in [6.07, 6.45) is 1.52. The lowest BCUT2D eigenvalue weighted by Gasteiger charge is -2.23. The zero-order valence-corrected chi connectivity index (χ0v) is 16.7. The number of aromatic amines is 1. The number of amides is 1. The Bertz CT molecular complexity index is 1430. The number of aliphatic hydroxyl groups excluding tert-OH is 1. The van der Waals surface area contributed by atoms with E-state index in [-0.39, 0.29) is 17.0 Å². The van der Waals surface area contributed by atoms with Crippen molar-refractivity contribution in [1.82, 2.24) is 4.98 Å². The maximum atomic E-state index is 14.6. The Morgan fingerprint density at radius 2 is 1.88 bits per heavy atom. The number of fused-ring (bicyclic) bond motifs is 1. The van der Waals surface area contributed by atoms with Crippen molar-refractivity contribution < 1.29 is 27.9 Å². The van der Waals surface area contributed by atoms with Crippen molar-refractivity contribution in [2.75, 3.05) is 4.90 Å². The third-order valence-electron chi connectivity index (χ3n) is 5.49. The van der Waals surface area contributed by atoms with Gasteiger partial charge in [0.1, 0.15) is 35.0 Å². The molecule has 1 aliphatic rings. The summed E-state index contributed by atoms with van der Waals surface area (Å²) in [7, 11) is 0. The molecular weight excluding hydrogens is 418 g/mol. The quantitative estimate of drug-likeness (QED) is 0.271. The molecule has 5 rings (SSSR count). The molecule has 160 valence electrons. The van der Waals surface area contributed by atoms with Crippen LogP contribution in [0.25, 0.3) is 16.7 Å². The molecule has 6 nitrogen and oxygen atoms in total. The smallest absolute Gasteiger partial charge is 0.300 e. The SMILES string of the molecule is Cc1ccc(C2/C(=C(/O)c3c[nH]c4ccccc34)C(=O)C(=O)N2c2ccc(F)cc2F)o1. The molecule has 2 aromatic carbocycles. The predicted molar refractivity (Wildman–Crippen MR) is 113 cm³/mol. The average molecular weight is 434 g/mol. The molecule has 3 heterocycles. The fourth-order valence-electron chi connectivity index (χ4n) is 4.04. The molecule has 1 atom stereocenters. The number of halogens is 2. The highest BCUT2D eigenvalue weighted by Crippen LogP contribution is 2.44. The van der Waals surface area contributed by atoms with Gasteiger partial charge in [0, 0.05) is 28.7 Å². The summed E-state index contributed by atoms with van der Waals surface area (Å²) in [5.74, 6) is -3.68. The van der Waals surface area contributed by atoms with E-state index in [1.54, 1.807) is 37.3 Å². The number of H-pyrrole nitrogens is 1. The topological polar surface area (TPSA) is 86.5 Å². The van der Waals surface area contributed by atoms with Crippen molar-refractivity contribution in [3.8, 4) is 0 Å². The largest absolute Gasteiger partial charge is 0.507 e. The molecule has 0 aliphatic carbocycles. The van der Waals surface area contributed by atoms with Gasteiger partial charge in [-0.2, -0.15) is 0 Å². The van der Waals surface area contributed by atoms with Crippen LogP contribution in [0, 0.1) is 18.6 Å². The number of carbonyl (C=O) groups excluding carboxylic acids is 2. The number of anilines is 1. The van der Waals surface area contributed by atoms with E-state index in [9.17, 15) is 23.5 Å². The molecule has 4 aromatic rings. The number of Topliss-reactive ketones (excluding diaryl/α,β-unsaturated/α-hetero) is 1. The van der Waals surface area contributed by atoms with E-state index in [2.05, 4.69) is 4.98 Å². The minimum atomic E-state index is -1.24. The summed E-state index contributed by atoms with van der Waals surface area (Å²) in [6.45, 7) is 1.67. The first-order valence-corrected chi connectivity index (χ1v) is 9.75. The van der Waals surface area contributed by atoms with Crippen LogP contribution in [0.15, 0.2) is 70.8 Å². The Morgan fingerprint density at radius 1 is 1.09 bits per heavy atom. The number of carbonyl (C=O) groups is 2. The van der Waals surface area contributed by atoms with Crippen LogP contribution in [-0.2, 0) is 9.59 Å². The molecule has 1 unspecified atom stereocenters. The van der Waals surface area contributed by atoms with Gasteiger partial charge in [0.15, 0.2) is 0 Å². The van der Waals surface area contributed by atoms with E-state index in [0.29, 0.717) is 22.8 Å². The fourth-order valence-corrected chi connectivity index (χ4v) is 4.04. The number of hydrogen-bond acceptors (Lipinski definition) is 4. The summed E-state index contributed by atoms with van der Waals surface area (Å²) < 4.78 is 33.8. The minimum Gasteiger partial charge on any atom is -0.507 e. The predicted octanol–water partition coefficient (Wildman–Crippen LogP) is 4.97. The van der Waals surface area contributed by atoms with Gasteiger partial charge in [-0.1, -0.05) is 18.2 Å². The minimum absolute atomic E-state index is 0.159. The summed E-state index contributed by atoms with van der Waals surface area (Å²) >= 11 is 0. The number of furan rings is 1. The van der Waals surface area contributed by atoms with Gasteiger partial charge >= 0.3 is 0 Å². The number of aromatic nitrogens is 1. The van der Waals surface area contributed by atoms with Crippen LogP contribution in [-0.4, -0.2) is 21.8 Å². The van der Waals surface area contributed by atoms with Crippen LogP contribution in [0.1, 0.15) is 23.1 Å². The molecule has 0 spiro atoms. The zero-order chi connectivity index (χ0) is 22.6. The third kappa shape index (κ3) is 2.91. The summed E-state index contributed by atoms with van der Waals surface area (Å²) in [4.78, 5) is 30.0. The van der Waals surface area contributed by atoms with Crippen LogP contribution in [0.2, 0.25) is 0 Å². The highest BCUT2D eigenvalue weighted by atomic mass is 19.1. The number of hydrogen-bond donors (Lipinski definition) is 2. The summed E-state index contributed by atoms with van der Waals surface area (Å²) in [5.41, 5.74) is 0.480. The normalized spacial score (nSPS) is 18.1. The van der Waals surface area contributed by atoms with Crippen LogP contribution in [0.4, 0.5) is 14.5 Å². The molecule has 1 amide bonds. The van der Waals surface area contributed by atoms with Crippen LogP contribution in [0.5, 0.6) is 0 Å². The second kappa shape index (κ2) is 7.19. The van der Waals surface area contributed by atoms with Crippen molar-refractivity contribution in [1.29, 1.82) is 0 Å². The van der Waals surface area contributed by atoms with Gasteiger partial charge in [0.05, 0.1) is 11.3 Å². The molecular formula is C24H16F2N2O4. The Labute approximate surface area is 180 Å². The van der Waals surface area contributed by atoms with E-state index in [0.717, 1.165) is 22.5 Å². The second-order valence-electron chi connectivity index (χ2n) is 7.46. The van der Waals surface area contributed by atoms with Crippen molar-refractivity contribution in [2.24, 2.45) is 0 Å². The number of benzene rings is 2. The first kappa shape index (κ1) is 19.7. The second-order valence-corrected chi connectivity index (χ2v) is 7.46. The van der Waals surface area contributed by atoms with Crippen molar-refractivity contribution >= 4 is 34.0 Å². The number of rotatable bonds is 3. The standard InChI is InChI=1S/C24H16F2N2O4/c1-12-6-9-19(32-12)21-20(22(29)15-11-27-17-5-3-2-4-14(15)17)23(30)24(31)28(21)18-8-7-13(25)10-16(18)26/h2-11,21,27,29H,1H3/b22-20-. The maximum absolute atomic E-state index is 14.6. The molecule has 8 heteroatoms. The Balaban J connectivity index is 1.77. The highest BCUT2D eigenvalue weighted by molar-refractivity contribution is 6.51. The third-order valence-corrected chi connectivity index (χ3v) is 5.49. The van der Waals surface area contributed by atoms with E-state index in [1.165, 1.54) is 6.20 Å². The van der Waals surface area contributed by atoms with E-state index in [1.807, 2.05) is 6.07 Å². The zero-order valence-electron chi connectivity index (χ0n) is 16.7. The van der Waals surface area contributed by atoms with E-state index in [4.69, 9.17) is 4.42 Å². The van der Waals surface area contributed by atoms with Gasteiger partial charge in [-0.05, 0) is 37.3 Å². The van der Waals surface area contributed by atoms with Gasteiger partial charge < -0.3 is 14.5 Å². The maximum Gasteiger partial charge on any atom is 0.300 e. The molecule has 0 radical (unpaired) electrons. The average Bonchev–Trinajstić information content (AvgIpc) is 3.45. The lowest BCUT2D eigenvalue weighted by Crippen LogP contribution is -2.30. The Morgan fingerprint density at radius 3 is 2.59 bits per heavy atom. The van der Waals surface area contributed by atoms with Gasteiger partial charge in [-0.15, -0.1) is 0 Å². The first-order chi connectivity index (χ1) is 15.4. The van der Waals surface area contributed by atoms with Crippen LogP contribution in [0.3, 0.4) is 0 Å². The van der Waals surface area contributed by atoms with Crippen molar-refractivity contribution in [3.63, 3.8) is 0 Å². The van der Waals surface area contributed by atoms with Crippen molar-refractivity contribution in [2.45, 2.75) is 13.0 Å². The Hall–Kier alpha value is -4.20. The van der Waals surface area contributed by atoms with Gasteiger partial charge in [0.25, 0.3) is 11.7 Å². The first-order valence-electron chi connectivity index (χ1n) is 9.75. The van der Waals surface area contributed by atoms with Gasteiger partial charge in [-0.3, -0.25) is 14.5 Å². The number of nitrogens with zero attached hydrogens (tertiary/aromatic N) is 1. The number of nitrogens with one attached hydrogen (secondary N) is 1. The van der Waals surface area contributed by atoms with Crippen LogP contribution >= 0.6 is 0 Å². The molecule has 1 saturated heterocycles. The monoisotopic (exact) mass is 434 g/mol. The van der Waals surface area contributed by atoms with E-state index < -0.39 is 35.1 Å². The van der Waals surface area contributed by atoms with Crippen LogP contribution < -0.4 is 4.90 Å². The molecule has 2 N–H and O–H groups in total. The molecule has 32 heavy (non-hydrogen) atoms. The lowest BCUT2D eigenvalue weighted by molar-refractivity contribution is -0.132. The number of aliphatic hydroxyl groups is 1. The number of ketones is 1. The fraction of sp³-hybridized carbons (Fsp3) is 0.0833. The highest BCUT2D eigenvalue weighted by Gasteiger charge is 2.49. The lowest BCUT2D eigenvalue weighted by atomic mass is 9.99.